The molecular weight excluding hydrogens is 673 g/mol. The highest BCUT2D eigenvalue weighted by Crippen LogP contribution is 2.40. The highest BCUT2D eigenvalue weighted by atomic mass is 35.5. The van der Waals surface area contributed by atoms with Crippen molar-refractivity contribution in [3.8, 4) is 0 Å². The molecule has 0 aliphatic carbocycles. The van der Waals surface area contributed by atoms with Gasteiger partial charge in [0.25, 0.3) is 11.8 Å². The maximum Gasteiger partial charge on any atom is 0.276 e. The number of carbonyl (C=O) groups is 3. The van der Waals surface area contributed by atoms with E-state index in [0.717, 1.165) is 27.1 Å². The van der Waals surface area contributed by atoms with Crippen LogP contribution in [0.3, 0.4) is 0 Å². The van der Waals surface area contributed by atoms with Crippen LogP contribution in [0.5, 0.6) is 0 Å². The van der Waals surface area contributed by atoms with Crippen molar-refractivity contribution >= 4 is 80.1 Å². The van der Waals surface area contributed by atoms with E-state index in [1.165, 1.54) is 36.4 Å². The van der Waals surface area contributed by atoms with Gasteiger partial charge in [-0.2, -0.15) is 0 Å². The second-order valence-electron chi connectivity index (χ2n) is 10.5. The van der Waals surface area contributed by atoms with Crippen molar-refractivity contribution in [2.45, 2.75) is 24.5 Å². The summed E-state index contributed by atoms with van der Waals surface area (Å²) in [5.74, 6) is -3.46. The lowest BCUT2D eigenvalue weighted by atomic mass is 10.0. The number of aromatic nitrogens is 3. The van der Waals surface area contributed by atoms with E-state index in [2.05, 4.69) is 15.5 Å². The number of amidine groups is 1. The number of rotatable bonds is 10. The molecule has 0 saturated carbocycles. The summed E-state index contributed by atoms with van der Waals surface area (Å²) in [7, 11) is 1.26. The fourth-order valence-electron chi connectivity index (χ4n) is 5.42. The van der Waals surface area contributed by atoms with Crippen molar-refractivity contribution in [2.75, 3.05) is 18.6 Å². The van der Waals surface area contributed by atoms with Crippen molar-refractivity contribution < 1.29 is 33.3 Å². The van der Waals surface area contributed by atoms with Crippen LogP contribution in [0.4, 0.5) is 9.52 Å². The average molecular weight is 698 g/mol. The number of hydrogen-bond donors (Lipinski definition) is 4. The number of amides is 2. The molecule has 3 aromatic heterocycles. The van der Waals surface area contributed by atoms with Gasteiger partial charge in [-0.3, -0.25) is 19.9 Å². The Morgan fingerprint density at radius 1 is 1.36 bits per heavy atom. The minimum atomic E-state index is -1.51. The van der Waals surface area contributed by atoms with Gasteiger partial charge in [0.1, 0.15) is 35.9 Å². The summed E-state index contributed by atoms with van der Waals surface area (Å²) in [6, 6.07) is 5.24. The quantitative estimate of drug-likeness (QED) is 0.0599. The summed E-state index contributed by atoms with van der Waals surface area (Å²) in [4.78, 5) is 48.5. The fourth-order valence-corrected chi connectivity index (χ4v) is 7.57. The first-order valence-corrected chi connectivity index (χ1v) is 16.1. The number of thioether (sulfide) groups is 1. The van der Waals surface area contributed by atoms with Gasteiger partial charge < -0.3 is 36.1 Å². The number of halogens is 2. The number of oxime groups is 1. The molecule has 6 rings (SSSR count). The molecule has 242 valence electrons. The zero-order valence-corrected chi connectivity index (χ0v) is 26.8. The van der Waals surface area contributed by atoms with Crippen molar-refractivity contribution in [1.29, 1.82) is 5.41 Å². The lowest BCUT2D eigenvalue weighted by Gasteiger charge is -2.50. The third-order valence-electron chi connectivity index (χ3n) is 7.61. The molecule has 4 aromatic rings. The monoisotopic (exact) mass is 697 g/mol. The van der Waals surface area contributed by atoms with Gasteiger partial charge in [0.05, 0.1) is 29.1 Å². The van der Waals surface area contributed by atoms with Crippen molar-refractivity contribution in [3.05, 3.63) is 87.2 Å². The number of pyridine rings is 1. The zero-order chi connectivity index (χ0) is 33.6. The van der Waals surface area contributed by atoms with Crippen molar-refractivity contribution in [3.63, 3.8) is 0 Å². The topological polar surface area (TPSA) is 209 Å². The normalized spacial score (nSPS) is 17.8. The minimum Gasteiger partial charge on any atom is -0.543 e. The van der Waals surface area contributed by atoms with Gasteiger partial charge in [-0.25, -0.2) is 13.9 Å². The molecule has 0 radical (unpaired) electrons. The molecule has 0 unspecified atom stereocenters. The van der Waals surface area contributed by atoms with Crippen LogP contribution in [0, 0.1) is 11.2 Å². The number of nitrogens with one attached hydrogen (secondary N) is 2. The largest absolute Gasteiger partial charge is 0.543 e. The molecule has 1 fully saturated rings. The van der Waals surface area contributed by atoms with Crippen molar-refractivity contribution in [1.82, 2.24) is 19.8 Å². The molecule has 2 aliphatic rings. The van der Waals surface area contributed by atoms with E-state index in [1.807, 2.05) is 16.8 Å². The Balaban J connectivity index is 1.19. The second-order valence-corrected chi connectivity index (χ2v) is 12.9. The minimum absolute atomic E-state index is 0.125. The van der Waals surface area contributed by atoms with Gasteiger partial charge in [-0.05, 0) is 18.2 Å². The molecule has 1 saturated heterocycles. The van der Waals surface area contributed by atoms with Gasteiger partial charge in [-0.15, -0.1) is 23.1 Å². The summed E-state index contributed by atoms with van der Waals surface area (Å²) in [6.45, 7) is 0.271. The molecular formula is C29H25ClFN9O5S2. The highest BCUT2D eigenvalue weighted by molar-refractivity contribution is 8.00. The number of nitrogens with two attached hydrogens (primary N) is 2. The number of thiazole rings is 1. The van der Waals surface area contributed by atoms with E-state index < -0.39 is 35.0 Å². The number of carboxylic acid groups (broad SMARTS) is 1. The number of nitrogen functional groups attached to an aromatic ring is 2. The molecule has 47 heavy (non-hydrogen) atoms. The number of hydrogen-bond acceptors (Lipinski definition) is 11. The number of carboxylic acids is 1. The lowest BCUT2D eigenvalue weighted by Crippen LogP contribution is -2.71. The molecule has 2 aliphatic heterocycles. The predicted molar refractivity (Wildman–Crippen MR) is 171 cm³/mol. The van der Waals surface area contributed by atoms with Crippen LogP contribution < -0.4 is 26.5 Å². The Kier molecular flexibility index (Phi) is 8.61. The first kappa shape index (κ1) is 32.0. The molecule has 14 nitrogen and oxygen atoms in total. The maximum atomic E-state index is 14.8. The van der Waals surface area contributed by atoms with Gasteiger partial charge in [0.15, 0.2) is 29.8 Å². The number of anilines is 1. The SMILES string of the molecule is CO/N=C(\C(=O)N[C@@H]1C(=O)N2C(C(=O)[O-])=C(C[n+]3ccc4c(ccn4Cc4c(F)cc(C(=N)N)cc4Cl)c3)CS[C@H]12)c1csc(N)n1. The molecule has 0 spiro atoms. The second kappa shape index (κ2) is 12.7. The van der Waals surface area contributed by atoms with Crippen LogP contribution in [0.2, 0.25) is 5.02 Å². The molecule has 6 N–H and O–H groups in total. The number of fused-ring (bicyclic) bond motifs is 2. The molecule has 2 amide bonds. The Hall–Kier alpha value is -5.00. The summed E-state index contributed by atoms with van der Waals surface area (Å²) >= 11 is 8.72. The molecule has 2 atom stereocenters. The van der Waals surface area contributed by atoms with Gasteiger partial charge in [-0.1, -0.05) is 16.8 Å². The van der Waals surface area contributed by atoms with Gasteiger partial charge in [0.2, 0.25) is 0 Å². The van der Waals surface area contributed by atoms with Crippen LogP contribution >= 0.6 is 34.7 Å². The van der Waals surface area contributed by atoms with Crippen LogP contribution in [0.1, 0.15) is 16.8 Å². The lowest BCUT2D eigenvalue weighted by molar-refractivity contribution is -0.687. The standard InChI is InChI=1S/C29H25ClFN9O5S2/c1-45-37-21(19-12-47-29(34)35-19)25(41)36-22-26(42)40-23(28(43)44)15(11-46-27(22)40)9-38-4-3-20-13(8-38)2-5-39(20)10-16-17(30)6-14(24(32)33)7-18(16)31/h2-8,12,22,27H,9-11H2,1H3,(H6-,32,33,34,35,36,41,43,44)/b37-21-/t22-,27-/m1/s1. The van der Waals surface area contributed by atoms with Gasteiger partial charge >= 0.3 is 0 Å². The van der Waals surface area contributed by atoms with Crippen LogP contribution in [-0.2, 0) is 32.3 Å². The van der Waals surface area contributed by atoms with E-state index >= 15 is 0 Å². The fraction of sp³-hybridized carbons (Fsp3) is 0.207. The summed E-state index contributed by atoms with van der Waals surface area (Å²) < 4.78 is 18.4. The van der Waals surface area contributed by atoms with E-state index in [4.69, 9.17) is 33.3 Å². The van der Waals surface area contributed by atoms with Gasteiger partial charge in [0, 0.05) is 45.1 Å². The first-order chi connectivity index (χ1) is 22.5. The number of nitrogens with zero attached hydrogens (tertiary/aromatic N) is 5. The summed E-state index contributed by atoms with van der Waals surface area (Å²) in [5, 5.41) is 28.2. The van der Waals surface area contributed by atoms with Crippen LogP contribution in [0.25, 0.3) is 10.9 Å². The zero-order valence-electron chi connectivity index (χ0n) is 24.4. The number of aliphatic carboxylic acids is 1. The maximum absolute atomic E-state index is 14.8. The molecule has 5 heterocycles. The van der Waals surface area contributed by atoms with E-state index in [-0.39, 0.29) is 63.1 Å². The molecule has 0 bridgehead atoms. The Bertz CT molecular complexity index is 2020. The Morgan fingerprint density at radius 2 is 2.15 bits per heavy atom. The van der Waals surface area contributed by atoms with E-state index in [0.29, 0.717) is 5.57 Å². The number of carbonyl (C=O) groups excluding carboxylic acids is 3. The molecule has 1 aromatic carbocycles. The molecule has 18 heteroatoms. The summed E-state index contributed by atoms with van der Waals surface area (Å²) in [6.07, 6.45) is 5.33. The number of benzene rings is 1. The Labute approximate surface area is 278 Å². The summed E-state index contributed by atoms with van der Waals surface area (Å²) in [5.41, 5.74) is 12.5. The number of β-lactam (4-membered cyclic amide) rings is 1. The Morgan fingerprint density at radius 3 is 2.81 bits per heavy atom. The average Bonchev–Trinajstić information content (AvgIpc) is 3.65. The van der Waals surface area contributed by atoms with E-state index in [1.54, 1.807) is 23.0 Å². The van der Waals surface area contributed by atoms with Crippen LogP contribution in [-0.4, -0.2) is 68.1 Å². The first-order valence-electron chi connectivity index (χ1n) is 13.8. The predicted octanol–water partition coefficient (Wildman–Crippen LogP) is 0.547. The highest BCUT2D eigenvalue weighted by Gasteiger charge is 2.53. The van der Waals surface area contributed by atoms with E-state index in [9.17, 15) is 23.9 Å². The third-order valence-corrected chi connectivity index (χ3v) is 9.96. The third kappa shape index (κ3) is 5.99. The van der Waals surface area contributed by atoms with Crippen LogP contribution in [0.15, 0.2) is 64.7 Å². The van der Waals surface area contributed by atoms with Crippen molar-refractivity contribution in [2.24, 2.45) is 10.9 Å². The smallest absolute Gasteiger partial charge is 0.276 e.